The van der Waals surface area contributed by atoms with Crippen LogP contribution < -0.4 is 5.73 Å². The molecule has 1 aliphatic rings. The minimum atomic E-state index is -4.35. The van der Waals surface area contributed by atoms with Crippen LogP contribution in [0.3, 0.4) is 0 Å². The lowest BCUT2D eigenvalue weighted by molar-refractivity contribution is -0.134. The van der Waals surface area contributed by atoms with Gasteiger partial charge in [0.2, 0.25) is 10.0 Å². The third kappa shape index (κ3) is 5.16. The van der Waals surface area contributed by atoms with Crippen LogP contribution in [0.2, 0.25) is 0 Å². The van der Waals surface area contributed by atoms with Crippen molar-refractivity contribution in [3.8, 4) is 0 Å². The molecule has 0 bridgehead atoms. The smallest absolute Gasteiger partial charge is 0.389 e. The molecular weight excluding hydrogens is 299 g/mol. The van der Waals surface area contributed by atoms with Crippen LogP contribution in [0, 0.1) is 5.92 Å². The van der Waals surface area contributed by atoms with Gasteiger partial charge in [-0.1, -0.05) is 5.16 Å². The second-order valence-corrected chi connectivity index (χ2v) is 6.85. The van der Waals surface area contributed by atoms with Crippen molar-refractivity contribution < 1.29 is 26.8 Å². The van der Waals surface area contributed by atoms with E-state index >= 15 is 0 Å². The van der Waals surface area contributed by atoms with Gasteiger partial charge in [0.25, 0.3) is 0 Å². The van der Waals surface area contributed by atoms with Crippen LogP contribution in [0.5, 0.6) is 0 Å². The Morgan fingerprint density at radius 3 is 2.65 bits per heavy atom. The molecule has 0 aromatic rings. The SMILES string of the molecule is NC(=NO)C1CCCN(S(=O)(=O)CCCC(F)(F)F)C1. The summed E-state index contributed by atoms with van der Waals surface area (Å²) in [5.74, 6) is -0.999. The van der Waals surface area contributed by atoms with Crippen LogP contribution in [-0.4, -0.2) is 48.8 Å². The number of nitrogens with zero attached hydrogens (tertiary/aromatic N) is 2. The van der Waals surface area contributed by atoms with Gasteiger partial charge in [-0.15, -0.1) is 0 Å². The number of alkyl halides is 3. The van der Waals surface area contributed by atoms with Crippen molar-refractivity contribution in [3.05, 3.63) is 0 Å². The summed E-state index contributed by atoms with van der Waals surface area (Å²) in [6.07, 6.45) is -4.82. The van der Waals surface area contributed by atoms with Gasteiger partial charge in [0.05, 0.1) is 5.75 Å². The molecule has 3 N–H and O–H groups in total. The highest BCUT2D eigenvalue weighted by Crippen LogP contribution is 2.24. The van der Waals surface area contributed by atoms with E-state index < -0.39 is 40.7 Å². The summed E-state index contributed by atoms with van der Waals surface area (Å²) in [5.41, 5.74) is 5.44. The third-order valence-electron chi connectivity index (χ3n) is 3.17. The van der Waals surface area contributed by atoms with Crippen molar-refractivity contribution in [3.63, 3.8) is 0 Å². The van der Waals surface area contributed by atoms with Crippen LogP contribution in [0.4, 0.5) is 13.2 Å². The molecule has 0 amide bonds. The minimum absolute atomic E-state index is 0.0459. The maximum atomic E-state index is 12.0. The molecule has 6 nitrogen and oxygen atoms in total. The number of hydrogen-bond acceptors (Lipinski definition) is 4. The monoisotopic (exact) mass is 317 g/mol. The summed E-state index contributed by atoms with van der Waals surface area (Å²) in [5, 5.41) is 11.4. The van der Waals surface area contributed by atoms with E-state index in [0.717, 1.165) is 4.31 Å². The molecule has 0 aromatic heterocycles. The largest absolute Gasteiger partial charge is 0.409 e. The Labute approximate surface area is 115 Å². The normalized spacial score (nSPS) is 22.9. The van der Waals surface area contributed by atoms with Gasteiger partial charge in [-0.05, 0) is 19.3 Å². The van der Waals surface area contributed by atoms with Gasteiger partial charge in [-0.2, -0.15) is 13.2 Å². The van der Waals surface area contributed by atoms with Gasteiger partial charge in [0, 0.05) is 25.4 Å². The second-order valence-electron chi connectivity index (χ2n) is 4.76. The fraction of sp³-hybridized carbons (Fsp3) is 0.900. The van der Waals surface area contributed by atoms with E-state index in [0.29, 0.717) is 12.8 Å². The Bertz CT molecular complexity index is 450. The average Bonchev–Trinajstić information content (AvgIpc) is 2.36. The number of rotatable bonds is 5. The average molecular weight is 317 g/mol. The fourth-order valence-electron chi connectivity index (χ4n) is 2.10. The van der Waals surface area contributed by atoms with E-state index in [1.165, 1.54) is 0 Å². The second kappa shape index (κ2) is 6.61. The molecule has 10 heteroatoms. The van der Waals surface area contributed by atoms with E-state index in [9.17, 15) is 21.6 Å². The highest BCUT2D eigenvalue weighted by molar-refractivity contribution is 7.89. The first-order chi connectivity index (χ1) is 9.15. The standard InChI is InChI=1S/C10H18F3N3O3S/c11-10(12,13)4-2-6-20(18,19)16-5-1-3-8(7-16)9(14)15-17/h8,17H,1-7H2,(H2,14,15). The molecule has 0 aliphatic carbocycles. The number of amidine groups is 1. The molecule has 118 valence electrons. The van der Waals surface area contributed by atoms with Crippen molar-refractivity contribution in [1.29, 1.82) is 0 Å². The van der Waals surface area contributed by atoms with E-state index in [1.807, 2.05) is 0 Å². The van der Waals surface area contributed by atoms with Gasteiger partial charge < -0.3 is 10.9 Å². The molecule has 1 saturated heterocycles. The summed E-state index contributed by atoms with van der Waals surface area (Å²) >= 11 is 0. The summed E-state index contributed by atoms with van der Waals surface area (Å²) in [7, 11) is -3.74. The van der Waals surface area contributed by atoms with Crippen LogP contribution in [0.25, 0.3) is 0 Å². The molecule has 1 heterocycles. The molecule has 1 fully saturated rings. The van der Waals surface area contributed by atoms with Crippen molar-refractivity contribution in [1.82, 2.24) is 4.31 Å². The summed E-state index contributed by atoms with van der Waals surface area (Å²) in [4.78, 5) is 0. The predicted octanol–water partition coefficient (Wildman–Crippen LogP) is 1.12. The lowest BCUT2D eigenvalue weighted by atomic mass is 9.99. The number of hydrogen-bond donors (Lipinski definition) is 2. The lowest BCUT2D eigenvalue weighted by Crippen LogP contribution is -2.45. The Morgan fingerprint density at radius 2 is 2.10 bits per heavy atom. The summed E-state index contributed by atoms with van der Waals surface area (Å²) < 4.78 is 61.1. The highest BCUT2D eigenvalue weighted by Gasteiger charge is 2.32. The number of nitrogens with two attached hydrogens (primary N) is 1. The van der Waals surface area contributed by atoms with Gasteiger partial charge in [0.15, 0.2) is 0 Å². The van der Waals surface area contributed by atoms with E-state index in [1.54, 1.807) is 0 Å². The topological polar surface area (TPSA) is 96.0 Å². The van der Waals surface area contributed by atoms with Gasteiger partial charge in [-0.25, -0.2) is 12.7 Å². The molecule has 1 aliphatic heterocycles. The molecular formula is C10H18F3N3O3S. The Morgan fingerprint density at radius 1 is 1.45 bits per heavy atom. The summed E-state index contributed by atoms with van der Waals surface area (Å²) in [6, 6.07) is 0. The fourth-order valence-corrected chi connectivity index (χ4v) is 3.68. The zero-order valence-corrected chi connectivity index (χ0v) is 11.6. The Balaban J connectivity index is 2.59. The first kappa shape index (κ1) is 17.0. The van der Waals surface area contributed by atoms with Gasteiger partial charge in [0.1, 0.15) is 5.84 Å². The van der Waals surface area contributed by atoms with Crippen LogP contribution in [-0.2, 0) is 10.0 Å². The maximum absolute atomic E-state index is 12.0. The van der Waals surface area contributed by atoms with Gasteiger partial charge >= 0.3 is 6.18 Å². The zero-order chi connectivity index (χ0) is 15.4. The van der Waals surface area contributed by atoms with Crippen LogP contribution in [0.1, 0.15) is 25.7 Å². The number of oxime groups is 1. The zero-order valence-electron chi connectivity index (χ0n) is 10.8. The quantitative estimate of drug-likeness (QED) is 0.344. The predicted molar refractivity (Wildman–Crippen MR) is 66.8 cm³/mol. The Kier molecular flexibility index (Phi) is 5.63. The van der Waals surface area contributed by atoms with Crippen LogP contribution >= 0.6 is 0 Å². The first-order valence-electron chi connectivity index (χ1n) is 6.17. The molecule has 0 saturated carbocycles. The van der Waals surface area contributed by atoms with Crippen molar-refractivity contribution in [2.24, 2.45) is 16.8 Å². The molecule has 0 radical (unpaired) electrons. The minimum Gasteiger partial charge on any atom is -0.409 e. The van der Waals surface area contributed by atoms with E-state index in [-0.39, 0.29) is 18.9 Å². The summed E-state index contributed by atoms with van der Waals surface area (Å²) in [6.45, 7) is 0.299. The lowest BCUT2D eigenvalue weighted by Gasteiger charge is -2.31. The van der Waals surface area contributed by atoms with Crippen LogP contribution in [0.15, 0.2) is 5.16 Å². The van der Waals surface area contributed by atoms with Crippen molar-refractivity contribution in [2.75, 3.05) is 18.8 Å². The third-order valence-corrected chi connectivity index (χ3v) is 5.10. The highest BCUT2D eigenvalue weighted by atomic mass is 32.2. The molecule has 1 rings (SSSR count). The molecule has 0 aromatic carbocycles. The number of sulfonamides is 1. The maximum Gasteiger partial charge on any atom is 0.389 e. The van der Waals surface area contributed by atoms with E-state index in [2.05, 4.69) is 5.16 Å². The molecule has 1 atom stereocenters. The van der Waals surface area contributed by atoms with Crippen molar-refractivity contribution in [2.45, 2.75) is 31.9 Å². The molecule has 1 unspecified atom stereocenters. The first-order valence-corrected chi connectivity index (χ1v) is 7.78. The number of halogens is 3. The Hall–Kier alpha value is -1.03. The molecule has 0 spiro atoms. The van der Waals surface area contributed by atoms with E-state index in [4.69, 9.17) is 10.9 Å². The molecule has 20 heavy (non-hydrogen) atoms. The number of piperidine rings is 1. The van der Waals surface area contributed by atoms with Gasteiger partial charge in [-0.3, -0.25) is 0 Å². The van der Waals surface area contributed by atoms with Crippen molar-refractivity contribution >= 4 is 15.9 Å².